The maximum atomic E-state index is 13.6. The van der Waals surface area contributed by atoms with Gasteiger partial charge < -0.3 is 19.8 Å². The SMILES string of the molecule is COc1cc(S(=O)(=O)N2CCC(N3C[C@@H]4C[C@H]3CO4)CC2)ccc1Nc1cc(C2CC2)c2c(C(F)(F)F)c[nH]c2n1. The molecule has 3 aromatic rings. The number of morpholine rings is 1. The number of pyridine rings is 1. The number of aromatic nitrogens is 2. The standard InChI is InChI=1S/C28H32F3N5O4S/c1-39-24-11-20(41(37,38)35-8-6-17(7-9-35)36-14-19-10-18(36)15-40-19)4-5-23(24)33-25-12-21(16-2-3-16)26-22(28(29,30)31)13-32-27(26)34-25/h4-5,11-13,16-19H,2-3,6-10,14-15H2,1H3,(H2,32,33,34)/t18-,19-/m0/s1. The van der Waals surface area contributed by atoms with Crippen LogP contribution in [0.25, 0.3) is 11.0 Å². The molecular formula is C28H32F3N5O4S. The van der Waals surface area contributed by atoms with Gasteiger partial charge >= 0.3 is 6.18 Å². The van der Waals surface area contributed by atoms with E-state index in [-0.39, 0.29) is 21.8 Å². The van der Waals surface area contributed by atoms with Crippen molar-refractivity contribution < 1.29 is 31.1 Å². The second-order valence-corrected chi connectivity index (χ2v) is 13.4. The lowest BCUT2D eigenvalue weighted by atomic mass is 10.0. The summed E-state index contributed by atoms with van der Waals surface area (Å²) in [6.45, 7) is 2.61. The molecule has 3 saturated heterocycles. The maximum Gasteiger partial charge on any atom is 0.418 e. The van der Waals surface area contributed by atoms with Crippen molar-refractivity contribution >= 4 is 32.6 Å². The second-order valence-electron chi connectivity index (χ2n) is 11.5. The molecule has 9 nitrogen and oxygen atoms in total. The molecule has 2 aromatic heterocycles. The maximum absolute atomic E-state index is 13.6. The van der Waals surface area contributed by atoms with Crippen LogP contribution in [0.4, 0.5) is 24.7 Å². The molecule has 1 aliphatic carbocycles. The van der Waals surface area contributed by atoms with E-state index in [1.807, 2.05) is 0 Å². The first-order chi connectivity index (χ1) is 19.6. The van der Waals surface area contributed by atoms with Gasteiger partial charge in [-0.2, -0.15) is 17.5 Å². The zero-order valence-corrected chi connectivity index (χ0v) is 23.4. The van der Waals surface area contributed by atoms with Crippen molar-refractivity contribution in [2.24, 2.45) is 0 Å². The van der Waals surface area contributed by atoms with E-state index in [2.05, 4.69) is 20.2 Å². The fourth-order valence-corrected chi connectivity index (χ4v) is 8.17. The van der Waals surface area contributed by atoms with Gasteiger partial charge in [-0.25, -0.2) is 13.4 Å². The molecule has 3 aliphatic heterocycles. The fourth-order valence-electron chi connectivity index (χ4n) is 6.68. The third kappa shape index (κ3) is 4.86. The van der Waals surface area contributed by atoms with Crippen LogP contribution in [0.3, 0.4) is 0 Å². The lowest BCUT2D eigenvalue weighted by Crippen LogP contribution is -2.50. The number of halogens is 3. The van der Waals surface area contributed by atoms with Crippen LogP contribution in [-0.4, -0.2) is 79.1 Å². The highest BCUT2D eigenvalue weighted by Crippen LogP contribution is 2.47. The van der Waals surface area contributed by atoms with E-state index in [0.717, 1.165) is 51.5 Å². The van der Waals surface area contributed by atoms with E-state index >= 15 is 0 Å². The van der Waals surface area contributed by atoms with Crippen molar-refractivity contribution in [1.82, 2.24) is 19.2 Å². The number of benzene rings is 1. The van der Waals surface area contributed by atoms with Crippen LogP contribution in [0.5, 0.6) is 5.75 Å². The molecule has 4 aliphatic rings. The van der Waals surface area contributed by atoms with Crippen molar-refractivity contribution in [2.75, 3.05) is 38.7 Å². The van der Waals surface area contributed by atoms with Gasteiger partial charge in [0.1, 0.15) is 17.2 Å². The van der Waals surface area contributed by atoms with Crippen LogP contribution in [-0.2, 0) is 20.9 Å². The highest BCUT2D eigenvalue weighted by Gasteiger charge is 2.43. The largest absolute Gasteiger partial charge is 0.495 e. The summed E-state index contributed by atoms with van der Waals surface area (Å²) in [5.41, 5.74) is 0.501. The van der Waals surface area contributed by atoms with Gasteiger partial charge in [0.25, 0.3) is 0 Å². The summed E-state index contributed by atoms with van der Waals surface area (Å²) in [6, 6.07) is 7.10. The number of fused-ring (bicyclic) bond motifs is 3. The minimum atomic E-state index is -4.49. The number of alkyl halides is 3. The number of nitrogens with zero attached hydrogens (tertiary/aromatic N) is 3. The van der Waals surface area contributed by atoms with Gasteiger partial charge in [0.05, 0.1) is 36.0 Å². The number of hydrogen-bond acceptors (Lipinski definition) is 7. The summed E-state index contributed by atoms with van der Waals surface area (Å²) in [4.78, 5) is 9.69. The predicted molar refractivity (Wildman–Crippen MR) is 146 cm³/mol. The summed E-state index contributed by atoms with van der Waals surface area (Å²) in [5, 5.41) is 3.24. The molecule has 41 heavy (non-hydrogen) atoms. The molecule has 13 heteroatoms. The number of likely N-dealkylation sites (tertiary alicyclic amines) is 1. The van der Waals surface area contributed by atoms with E-state index in [1.165, 1.54) is 23.5 Å². The number of sulfonamides is 1. The molecule has 5 heterocycles. The topological polar surface area (TPSA) is 99.8 Å². The van der Waals surface area contributed by atoms with Crippen molar-refractivity contribution in [3.05, 3.63) is 41.6 Å². The Morgan fingerprint density at radius 2 is 1.90 bits per heavy atom. The number of ether oxygens (including phenoxy) is 2. The Labute approximate surface area is 236 Å². The molecule has 220 valence electrons. The zero-order valence-electron chi connectivity index (χ0n) is 22.6. The molecule has 0 spiro atoms. The van der Waals surface area contributed by atoms with Crippen LogP contribution >= 0.6 is 0 Å². The van der Waals surface area contributed by atoms with E-state index < -0.39 is 21.8 Å². The van der Waals surface area contributed by atoms with E-state index in [9.17, 15) is 21.6 Å². The third-order valence-electron chi connectivity index (χ3n) is 8.90. The first-order valence-corrected chi connectivity index (χ1v) is 15.5. The average Bonchev–Trinajstić information content (AvgIpc) is 3.34. The Kier molecular flexibility index (Phi) is 6.49. The number of aromatic amines is 1. The highest BCUT2D eigenvalue weighted by molar-refractivity contribution is 7.89. The highest BCUT2D eigenvalue weighted by atomic mass is 32.2. The third-order valence-corrected chi connectivity index (χ3v) is 10.8. The number of hydrogen-bond donors (Lipinski definition) is 2. The number of methoxy groups -OCH3 is 1. The van der Waals surface area contributed by atoms with E-state index in [4.69, 9.17) is 9.47 Å². The number of H-pyrrole nitrogens is 1. The molecule has 0 amide bonds. The monoisotopic (exact) mass is 591 g/mol. The number of piperidine rings is 1. The van der Waals surface area contributed by atoms with Gasteiger partial charge in [0.15, 0.2) is 0 Å². The smallest absolute Gasteiger partial charge is 0.418 e. The fraction of sp³-hybridized carbons (Fsp3) is 0.536. The molecular weight excluding hydrogens is 559 g/mol. The Balaban J connectivity index is 1.10. The summed E-state index contributed by atoms with van der Waals surface area (Å²) in [7, 11) is -2.29. The number of rotatable bonds is 7. The number of nitrogens with one attached hydrogen (secondary N) is 2. The first-order valence-electron chi connectivity index (χ1n) is 14.0. The van der Waals surface area contributed by atoms with E-state index in [1.54, 1.807) is 12.1 Å². The molecule has 2 N–H and O–H groups in total. The van der Waals surface area contributed by atoms with Gasteiger partial charge in [-0.1, -0.05) is 0 Å². The molecule has 2 atom stereocenters. The zero-order chi connectivity index (χ0) is 28.5. The summed E-state index contributed by atoms with van der Waals surface area (Å²) in [5.74, 6) is 0.698. The quantitative estimate of drug-likeness (QED) is 0.406. The summed E-state index contributed by atoms with van der Waals surface area (Å²) in [6.07, 6.45) is 1.07. The van der Waals surface area contributed by atoms with Gasteiger partial charge in [0.2, 0.25) is 10.0 Å². The molecule has 7 rings (SSSR count). The van der Waals surface area contributed by atoms with Crippen LogP contribution < -0.4 is 10.1 Å². The number of anilines is 2. The normalized spacial score (nSPS) is 24.4. The molecule has 0 radical (unpaired) electrons. The Hall–Kier alpha value is -2.87. The minimum Gasteiger partial charge on any atom is -0.495 e. The summed E-state index contributed by atoms with van der Waals surface area (Å²) >= 11 is 0. The van der Waals surface area contributed by atoms with Gasteiger partial charge in [0, 0.05) is 49.4 Å². The second kappa shape index (κ2) is 9.85. The first kappa shape index (κ1) is 27.0. The van der Waals surface area contributed by atoms with Crippen molar-refractivity contribution in [2.45, 2.75) is 67.3 Å². The lowest BCUT2D eigenvalue weighted by Gasteiger charge is -2.39. The van der Waals surface area contributed by atoms with Crippen LogP contribution in [0.1, 0.15) is 49.1 Å². The molecule has 2 bridgehead atoms. The van der Waals surface area contributed by atoms with Crippen LogP contribution in [0, 0.1) is 0 Å². The van der Waals surface area contributed by atoms with Gasteiger partial charge in [-0.15, -0.1) is 0 Å². The average molecular weight is 592 g/mol. The van der Waals surface area contributed by atoms with Gasteiger partial charge in [-0.3, -0.25) is 4.90 Å². The molecule has 4 fully saturated rings. The lowest BCUT2D eigenvalue weighted by molar-refractivity contribution is -0.136. The predicted octanol–water partition coefficient (Wildman–Crippen LogP) is 4.84. The van der Waals surface area contributed by atoms with Crippen molar-refractivity contribution in [1.29, 1.82) is 0 Å². The van der Waals surface area contributed by atoms with Gasteiger partial charge in [-0.05, 0) is 61.8 Å². The van der Waals surface area contributed by atoms with Crippen molar-refractivity contribution in [3.8, 4) is 5.75 Å². The Bertz CT molecular complexity index is 1580. The van der Waals surface area contributed by atoms with Crippen LogP contribution in [0.2, 0.25) is 0 Å². The Morgan fingerprint density at radius 1 is 1.12 bits per heavy atom. The Morgan fingerprint density at radius 3 is 2.54 bits per heavy atom. The summed E-state index contributed by atoms with van der Waals surface area (Å²) < 4.78 is 80.7. The molecule has 1 saturated carbocycles. The molecule has 0 unspecified atom stereocenters. The van der Waals surface area contributed by atoms with Crippen LogP contribution in [0.15, 0.2) is 35.4 Å². The minimum absolute atomic E-state index is 0.0467. The van der Waals surface area contributed by atoms with E-state index in [0.29, 0.717) is 54.1 Å². The van der Waals surface area contributed by atoms with Crippen molar-refractivity contribution in [3.63, 3.8) is 0 Å². The molecule has 1 aromatic carbocycles.